The van der Waals surface area contributed by atoms with Gasteiger partial charge in [-0.05, 0) is 37.6 Å². The minimum absolute atomic E-state index is 0.0831. The van der Waals surface area contributed by atoms with Crippen LogP contribution in [0.1, 0.15) is 32.1 Å². The van der Waals surface area contributed by atoms with Gasteiger partial charge in [0.25, 0.3) is 0 Å². The zero-order chi connectivity index (χ0) is 9.31. The lowest BCUT2D eigenvalue weighted by molar-refractivity contribution is -0.146. The molecule has 2 N–H and O–H groups in total. The molecule has 1 saturated heterocycles. The van der Waals surface area contributed by atoms with Crippen LogP contribution in [0.2, 0.25) is 0 Å². The van der Waals surface area contributed by atoms with Crippen molar-refractivity contribution in [2.45, 2.75) is 32.1 Å². The van der Waals surface area contributed by atoms with Crippen molar-refractivity contribution in [1.82, 2.24) is 5.32 Å². The van der Waals surface area contributed by atoms with Crippen molar-refractivity contribution >= 4 is 5.97 Å². The normalized spacial score (nSPS) is 39.5. The topological polar surface area (TPSA) is 49.3 Å². The monoisotopic (exact) mass is 183 g/mol. The van der Waals surface area contributed by atoms with E-state index >= 15 is 0 Å². The van der Waals surface area contributed by atoms with Crippen LogP contribution in [0.5, 0.6) is 0 Å². The third-order valence-electron chi connectivity index (χ3n) is 3.71. The molecular formula is C10H17NO2. The van der Waals surface area contributed by atoms with Crippen molar-refractivity contribution in [3.63, 3.8) is 0 Å². The van der Waals surface area contributed by atoms with Gasteiger partial charge in [-0.2, -0.15) is 0 Å². The van der Waals surface area contributed by atoms with Crippen LogP contribution >= 0.6 is 0 Å². The van der Waals surface area contributed by atoms with Gasteiger partial charge in [0.2, 0.25) is 0 Å². The van der Waals surface area contributed by atoms with Gasteiger partial charge < -0.3 is 10.4 Å². The maximum absolute atomic E-state index is 11.0. The number of piperidine rings is 1. The number of hydrogen-bond acceptors (Lipinski definition) is 2. The summed E-state index contributed by atoms with van der Waals surface area (Å²) in [5, 5.41) is 12.4. The van der Waals surface area contributed by atoms with E-state index in [0.29, 0.717) is 0 Å². The molecule has 2 unspecified atom stereocenters. The summed E-state index contributed by atoms with van der Waals surface area (Å²) in [4.78, 5) is 11.0. The smallest absolute Gasteiger partial charge is 0.307 e. The highest BCUT2D eigenvalue weighted by Crippen LogP contribution is 2.47. The highest BCUT2D eigenvalue weighted by Gasteiger charge is 2.46. The Bertz CT molecular complexity index is 209. The van der Waals surface area contributed by atoms with E-state index in [4.69, 9.17) is 5.11 Å². The number of carboxylic acids is 1. The van der Waals surface area contributed by atoms with E-state index in [1.165, 1.54) is 0 Å². The van der Waals surface area contributed by atoms with Gasteiger partial charge in [0.05, 0.1) is 5.92 Å². The second kappa shape index (κ2) is 3.29. The van der Waals surface area contributed by atoms with Crippen LogP contribution in [0.25, 0.3) is 0 Å². The van der Waals surface area contributed by atoms with Gasteiger partial charge in [-0.15, -0.1) is 0 Å². The van der Waals surface area contributed by atoms with Crippen molar-refractivity contribution in [3.8, 4) is 0 Å². The van der Waals surface area contributed by atoms with E-state index in [1.54, 1.807) is 0 Å². The zero-order valence-electron chi connectivity index (χ0n) is 7.88. The minimum atomic E-state index is -0.582. The maximum atomic E-state index is 11.0. The molecule has 2 atom stereocenters. The Balaban J connectivity index is 2.13. The fourth-order valence-corrected chi connectivity index (χ4v) is 3.03. The number of nitrogens with one attached hydrogen (secondary N) is 1. The third-order valence-corrected chi connectivity index (χ3v) is 3.71. The van der Waals surface area contributed by atoms with Crippen LogP contribution < -0.4 is 5.32 Å². The molecular weight excluding hydrogens is 166 g/mol. The third kappa shape index (κ3) is 1.46. The molecule has 2 rings (SSSR count). The van der Waals surface area contributed by atoms with Gasteiger partial charge in [-0.25, -0.2) is 0 Å². The van der Waals surface area contributed by atoms with E-state index in [-0.39, 0.29) is 11.3 Å². The van der Waals surface area contributed by atoms with Crippen LogP contribution in [0.3, 0.4) is 0 Å². The van der Waals surface area contributed by atoms with Crippen LogP contribution in [-0.4, -0.2) is 24.2 Å². The largest absolute Gasteiger partial charge is 0.481 e. The molecule has 2 fully saturated rings. The van der Waals surface area contributed by atoms with Gasteiger partial charge in [0.1, 0.15) is 0 Å². The first-order chi connectivity index (χ1) is 6.25. The van der Waals surface area contributed by atoms with Gasteiger partial charge in [-0.1, -0.05) is 6.42 Å². The molecule has 1 aliphatic heterocycles. The van der Waals surface area contributed by atoms with Crippen LogP contribution in [0, 0.1) is 11.3 Å². The Morgan fingerprint density at radius 2 is 2.15 bits per heavy atom. The van der Waals surface area contributed by atoms with Crippen LogP contribution in [0.15, 0.2) is 0 Å². The number of rotatable bonds is 1. The molecule has 3 nitrogen and oxygen atoms in total. The number of carboxylic acid groups (broad SMARTS) is 1. The van der Waals surface area contributed by atoms with E-state index in [2.05, 4.69) is 5.32 Å². The lowest BCUT2D eigenvalue weighted by atomic mass is 9.72. The molecule has 13 heavy (non-hydrogen) atoms. The summed E-state index contributed by atoms with van der Waals surface area (Å²) in [6.45, 7) is 1.98. The summed E-state index contributed by atoms with van der Waals surface area (Å²) in [6, 6.07) is 0. The average molecular weight is 183 g/mol. The second-order valence-corrected chi connectivity index (χ2v) is 4.43. The van der Waals surface area contributed by atoms with E-state index in [9.17, 15) is 4.79 Å². The van der Waals surface area contributed by atoms with E-state index < -0.39 is 5.97 Å². The molecule has 3 heteroatoms. The Hall–Kier alpha value is -0.570. The van der Waals surface area contributed by atoms with Crippen LogP contribution in [0.4, 0.5) is 0 Å². The maximum Gasteiger partial charge on any atom is 0.307 e. The summed E-state index contributed by atoms with van der Waals surface area (Å²) >= 11 is 0. The Kier molecular flexibility index (Phi) is 2.28. The minimum Gasteiger partial charge on any atom is -0.481 e. The predicted octanol–water partition coefficient (Wildman–Crippen LogP) is 1.24. The van der Waals surface area contributed by atoms with Gasteiger partial charge in [-0.3, -0.25) is 4.79 Å². The SMILES string of the molecule is O=C(O)C1CCCC12CCCNC2. The Morgan fingerprint density at radius 1 is 1.38 bits per heavy atom. The number of carbonyl (C=O) groups is 1. The molecule has 0 aromatic heterocycles. The molecule has 74 valence electrons. The fraction of sp³-hybridized carbons (Fsp3) is 0.900. The molecule has 1 spiro atoms. The summed E-state index contributed by atoms with van der Waals surface area (Å²) < 4.78 is 0. The van der Waals surface area contributed by atoms with Crippen molar-refractivity contribution < 1.29 is 9.90 Å². The fourth-order valence-electron chi connectivity index (χ4n) is 3.03. The van der Waals surface area contributed by atoms with Crippen molar-refractivity contribution in [1.29, 1.82) is 0 Å². The highest BCUT2D eigenvalue weighted by molar-refractivity contribution is 5.71. The van der Waals surface area contributed by atoms with Gasteiger partial charge in [0, 0.05) is 6.54 Å². The van der Waals surface area contributed by atoms with Crippen molar-refractivity contribution in [2.24, 2.45) is 11.3 Å². The Labute approximate surface area is 78.5 Å². The molecule has 1 heterocycles. The van der Waals surface area contributed by atoms with E-state index in [1.807, 2.05) is 0 Å². The van der Waals surface area contributed by atoms with Crippen molar-refractivity contribution in [2.75, 3.05) is 13.1 Å². The molecule has 0 amide bonds. The van der Waals surface area contributed by atoms with Gasteiger partial charge in [0.15, 0.2) is 0 Å². The first kappa shape index (κ1) is 9.00. The number of aliphatic carboxylic acids is 1. The van der Waals surface area contributed by atoms with Crippen molar-refractivity contribution in [3.05, 3.63) is 0 Å². The molecule has 0 aromatic rings. The molecule has 0 radical (unpaired) electrons. The quantitative estimate of drug-likeness (QED) is 0.643. The molecule has 1 saturated carbocycles. The first-order valence-electron chi connectivity index (χ1n) is 5.18. The average Bonchev–Trinajstić information content (AvgIpc) is 2.50. The first-order valence-corrected chi connectivity index (χ1v) is 5.18. The summed E-state index contributed by atoms with van der Waals surface area (Å²) in [6.07, 6.45) is 5.34. The van der Waals surface area contributed by atoms with Crippen LogP contribution in [-0.2, 0) is 4.79 Å². The van der Waals surface area contributed by atoms with Gasteiger partial charge >= 0.3 is 5.97 Å². The molecule has 0 aromatic carbocycles. The zero-order valence-corrected chi connectivity index (χ0v) is 7.88. The lowest BCUT2D eigenvalue weighted by Gasteiger charge is -2.37. The Morgan fingerprint density at radius 3 is 2.77 bits per heavy atom. The molecule has 0 bridgehead atoms. The summed E-state index contributed by atoms with van der Waals surface area (Å²) in [5.41, 5.74) is 0.101. The standard InChI is InChI=1S/C10H17NO2/c12-9(13)8-3-1-4-10(8)5-2-6-11-7-10/h8,11H,1-7H2,(H,12,13). The predicted molar refractivity (Wildman–Crippen MR) is 49.5 cm³/mol. The van der Waals surface area contributed by atoms with E-state index in [0.717, 1.165) is 45.2 Å². The second-order valence-electron chi connectivity index (χ2n) is 4.43. The summed E-state index contributed by atoms with van der Waals surface area (Å²) in [7, 11) is 0. The molecule has 1 aliphatic carbocycles. The lowest BCUT2D eigenvalue weighted by Crippen LogP contribution is -2.44. The number of hydrogen-bond donors (Lipinski definition) is 2. The molecule has 2 aliphatic rings. The summed E-state index contributed by atoms with van der Waals surface area (Å²) in [5.74, 6) is -0.665. The highest BCUT2D eigenvalue weighted by atomic mass is 16.4.